The summed E-state index contributed by atoms with van der Waals surface area (Å²) < 4.78 is 0. The van der Waals surface area contributed by atoms with E-state index in [1.807, 2.05) is 0 Å². The fourth-order valence-electron chi connectivity index (χ4n) is 3.57. The lowest BCUT2D eigenvalue weighted by Crippen LogP contribution is -2.57. The molecule has 120 valence electrons. The van der Waals surface area contributed by atoms with Crippen LogP contribution in [0.15, 0.2) is 0 Å². The van der Waals surface area contributed by atoms with E-state index >= 15 is 0 Å². The molecule has 3 atom stereocenters. The van der Waals surface area contributed by atoms with Crippen molar-refractivity contribution in [2.45, 2.75) is 78.4 Å². The molecule has 0 radical (unpaired) electrons. The van der Waals surface area contributed by atoms with Crippen LogP contribution in [0.25, 0.3) is 0 Å². The van der Waals surface area contributed by atoms with E-state index in [1.54, 1.807) is 0 Å². The van der Waals surface area contributed by atoms with Crippen LogP contribution in [-0.2, 0) is 0 Å². The van der Waals surface area contributed by atoms with Crippen LogP contribution < -0.4 is 5.32 Å². The number of hydrogen-bond donors (Lipinski definition) is 1. The van der Waals surface area contributed by atoms with Crippen molar-refractivity contribution in [3.05, 3.63) is 0 Å². The average molecular weight is 284 g/mol. The van der Waals surface area contributed by atoms with Gasteiger partial charge in [-0.3, -0.25) is 9.80 Å². The van der Waals surface area contributed by atoms with Crippen LogP contribution in [-0.4, -0.2) is 60.6 Å². The minimum atomic E-state index is 0.671. The van der Waals surface area contributed by atoms with Crippen LogP contribution in [0.4, 0.5) is 0 Å². The third-order valence-corrected chi connectivity index (χ3v) is 4.98. The maximum absolute atomic E-state index is 3.72. The molecule has 0 amide bonds. The van der Waals surface area contributed by atoms with Gasteiger partial charge in [-0.05, 0) is 32.7 Å². The standard InChI is InChI=1S/C17H37N3/c1-6-10-16(18-9-4)17(8-3)20-13-11-19(12-14-20)15(5)7-2/h15-18H,6-14H2,1-5H3. The molecule has 1 saturated heterocycles. The second-order valence-electron chi connectivity index (χ2n) is 6.26. The lowest BCUT2D eigenvalue weighted by Gasteiger charge is -2.44. The molecule has 0 aromatic carbocycles. The minimum Gasteiger partial charge on any atom is -0.313 e. The zero-order valence-corrected chi connectivity index (χ0v) is 14.5. The lowest BCUT2D eigenvalue weighted by molar-refractivity contribution is 0.0560. The van der Waals surface area contributed by atoms with Gasteiger partial charge in [0.2, 0.25) is 0 Å². The zero-order valence-electron chi connectivity index (χ0n) is 14.5. The third-order valence-electron chi connectivity index (χ3n) is 4.98. The molecule has 0 saturated carbocycles. The molecule has 1 heterocycles. The molecule has 1 rings (SSSR count). The second kappa shape index (κ2) is 9.75. The van der Waals surface area contributed by atoms with Gasteiger partial charge in [0, 0.05) is 44.3 Å². The average Bonchev–Trinajstić information content (AvgIpc) is 2.48. The Morgan fingerprint density at radius 3 is 1.95 bits per heavy atom. The largest absolute Gasteiger partial charge is 0.313 e. The van der Waals surface area contributed by atoms with Gasteiger partial charge in [-0.2, -0.15) is 0 Å². The van der Waals surface area contributed by atoms with Crippen molar-refractivity contribution in [1.82, 2.24) is 15.1 Å². The molecule has 3 unspecified atom stereocenters. The highest BCUT2D eigenvalue weighted by Gasteiger charge is 2.28. The smallest absolute Gasteiger partial charge is 0.0247 e. The Morgan fingerprint density at radius 1 is 0.900 bits per heavy atom. The van der Waals surface area contributed by atoms with Crippen molar-refractivity contribution < 1.29 is 0 Å². The van der Waals surface area contributed by atoms with Crippen molar-refractivity contribution in [2.24, 2.45) is 0 Å². The highest BCUT2D eigenvalue weighted by Crippen LogP contribution is 2.17. The van der Waals surface area contributed by atoms with E-state index in [0.717, 1.165) is 12.6 Å². The highest BCUT2D eigenvalue weighted by atomic mass is 15.3. The van der Waals surface area contributed by atoms with E-state index in [1.165, 1.54) is 51.9 Å². The number of hydrogen-bond acceptors (Lipinski definition) is 3. The summed E-state index contributed by atoms with van der Waals surface area (Å²) in [4.78, 5) is 5.40. The Labute approximate surface area is 127 Å². The fraction of sp³-hybridized carbons (Fsp3) is 1.00. The zero-order chi connectivity index (χ0) is 15.0. The molecule has 20 heavy (non-hydrogen) atoms. The van der Waals surface area contributed by atoms with Crippen LogP contribution in [0.5, 0.6) is 0 Å². The number of rotatable bonds is 9. The predicted octanol–water partition coefficient (Wildman–Crippen LogP) is 2.96. The van der Waals surface area contributed by atoms with Gasteiger partial charge < -0.3 is 5.32 Å². The first kappa shape index (κ1) is 17.9. The SMILES string of the molecule is CCCC(NCC)C(CC)N1CCN(C(C)CC)CC1. The molecule has 0 spiro atoms. The summed E-state index contributed by atoms with van der Waals surface area (Å²) in [6.07, 6.45) is 5.12. The Hall–Kier alpha value is -0.120. The van der Waals surface area contributed by atoms with Gasteiger partial charge in [-0.1, -0.05) is 34.1 Å². The summed E-state index contributed by atoms with van der Waals surface area (Å²) in [7, 11) is 0. The molecule has 0 bridgehead atoms. The van der Waals surface area contributed by atoms with Gasteiger partial charge >= 0.3 is 0 Å². The van der Waals surface area contributed by atoms with Crippen molar-refractivity contribution in [3.8, 4) is 0 Å². The Bertz CT molecular complexity index is 230. The summed E-state index contributed by atoms with van der Waals surface area (Å²) in [5, 5.41) is 3.72. The van der Waals surface area contributed by atoms with Crippen LogP contribution in [0.2, 0.25) is 0 Å². The third kappa shape index (κ3) is 5.01. The quantitative estimate of drug-likeness (QED) is 0.702. The topological polar surface area (TPSA) is 18.5 Å². The molecule has 0 aromatic rings. The van der Waals surface area contributed by atoms with Gasteiger partial charge in [-0.15, -0.1) is 0 Å². The second-order valence-corrected chi connectivity index (χ2v) is 6.26. The van der Waals surface area contributed by atoms with Gasteiger partial charge in [-0.25, -0.2) is 0 Å². The van der Waals surface area contributed by atoms with E-state index in [-0.39, 0.29) is 0 Å². The van der Waals surface area contributed by atoms with Crippen LogP contribution in [0.1, 0.15) is 60.3 Å². The van der Waals surface area contributed by atoms with E-state index < -0.39 is 0 Å². The van der Waals surface area contributed by atoms with Gasteiger partial charge in [0.05, 0.1) is 0 Å². The maximum Gasteiger partial charge on any atom is 0.0247 e. The summed E-state index contributed by atoms with van der Waals surface area (Å²) >= 11 is 0. The normalized spacial score (nSPS) is 22.6. The highest BCUT2D eigenvalue weighted by molar-refractivity contribution is 4.87. The number of likely N-dealkylation sites (N-methyl/N-ethyl adjacent to an activating group) is 1. The summed E-state index contributed by atoms with van der Waals surface area (Å²) in [6, 6.07) is 2.14. The molecule has 3 nitrogen and oxygen atoms in total. The molecule has 0 aliphatic carbocycles. The predicted molar refractivity (Wildman–Crippen MR) is 89.4 cm³/mol. The van der Waals surface area contributed by atoms with Crippen molar-refractivity contribution >= 4 is 0 Å². The van der Waals surface area contributed by atoms with E-state index in [4.69, 9.17) is 0 Å². The molecular weight excluding hydrogens is 246 g/mol. The molecule has 1 aliphatic heterocycles. The van der Waals surface area contributed by atoms with Gasteiger partial charge in [0.15, 0.2) is 0 Å². The minimum absolute atomic E-state index is 0.671. The number of nitrogens with zero attached hydrogens (tertiary/aromatic N) is 2. The Morgan fingerprint density at radius 2 is 1.50 bits per heavy atom. The fourth-order valence-corrected chi connectivity index (χ4v) is 3.57. The monoisotopic (exact) mass is 283 g/mol. The summed E-state index contributed by atoms with van der Waals surface area (Å²) in [5.41, 5.74) is 0. The molecular formula is C17H37N3. The molecule has 1 N–H and O–H groups in total. The molecule has 1 aliphatic rings. The van der Waals surface area contributed by atoms with Gasteiger partial charge in [0.1, 0.15) is 0 Å². The maximum atomic E-state index is 3.72. The molecule has 3 heteroatoms. The first-order valence-electron chi connectivity index (χ1n) is 8.89. The summed E-state index contributed by atoms with van der Waals surface area (Å²) in [5.74, 6) is 0. The lowest BCUT2D eigenvalue weighted by atomic mass is 9.98. The van der Waals surface area contributed by atoms with Crippen LogP contribution in [0, 0.1) is 0 Å². The van der Waals surface area contributed by atoms with Gasteiger partial charge in [0.25, 0.3) is 0 Å². The first-order chi connectivity index (χ1) is 9.67. The summed E-state index contributed by atoms with van der Waals surface area (Å²) in [6.45, 7) is 17.6. The Kier molecular flexibility index (Phi) is 8.74. The van der Waals surface area contributed by atoms with Crippen molar-refractivity contribution in [3.63, 3.8) is 0 Å². The number of piperazine rings is 1. The Balaban J connectivity index is 2.54. The van der Waals surface area contributed by atoms with E-state index in [9.17, 15) is 0 Å². The van der Waals surface area contributed by atoms with Crippen molar-refractivity contribution in [2.75, 3.05) is 32.7 Å². The van der Waals surface area contributed by atoms with Crippen LogP contribution >= 0.6 is 0 Å². The molecule has 0 aromatic heterocycles. The number of nitrogens with one attached hydrogen (secondary N) is 1. The van der Waals surface area contributed by atoms with E-state index in [2.05, 4.69) is 49.7 Å². The van der Waals surface area contributed by atoms with Crippen LogP contribution in [0.3, 0.4) is 0 Å². The molecule has 1 fully saturated rings. The van der Waals surface area contributed by atoms with E-state index in [0.29, 0.717) is 12.1 Å². The van der Waals surface area contributed by atoms with Crippen molar-refractivity contribution in [1.29, 1.82) is 0 Å². The first-order valence-corrected chi connectivity index (χ1v) is 8.89.